The Morgan fingerprint density at radius 3 is 2.59 bits per heavy atom. The van der Waals surface area contributed by atoms with Crippen LogP contribution in [0.25, 0.3) is 0 Å². The Labute approximate surface area is 191 Å². The van der Waals surface area contributed by atoms with Gasteiger partial charge < -0.3 is 4.74 Å². The van der Waals surface area contributed by atoms with Gasteiger partial charge in [-0.3, -0.25) is 9.89 Å². The standard InChI is InChI=1S/C19H13Br3N4O3/c1-10-6-16(25-24-10)18(27)26-23-9-11-7-12(20)8-15(22)17(11)29-19(28)13-4-2-3-5-14(13)21/h2-9H,1H3,(H,24,25)(H,26,27)/b23-9+. The summed E-state index contributed by atoms with van der Waals surface area (Å²) in [7, 11) is 0. The third-order valence-electron chi connectivity index (χ3n) is 3.63. The second-order valence-electron chi connectivity index (χ2n) is 5.81. The number of halogens is 3. The van der Waals surface area contributed by atoms with E-state index >= 15 is 0 Å². The maximum atomic E-state index is 12.6. The SMILES string of the molecule is Cc1cc(C(=O)N/N=C/c2cc(Br)cc(Br)c2OC(=O)c2ccccc2Br)n[nH]1. The minimum Gasteiger partial charge on any atom is -0.421 e. The second kappa shape index (κ2) is 9.47. The van der Waals surface area contributed by atoms with E-state index in [0.29, 0.717) is 20.1 Å². The van der Waals surface area contributed by atoms with Crippen LogP contribution in [0.2, 0.25) is 0 Å². The number of hydrogen-bond acceptors (Lipinski definition) is 5. The predicted molar refractivity (Wildman–Crippen MR) is 119 cm³/mol. The molecular formula is C19H13Br3N4O3. The van der Waals surface area contributed by atoms with Crippen molar-refractivity contribution in [3.05, 3.63) is 78.4 Å². The van der Waals surface area contributed by atoms with Gasteiger partial charge in [0.1, 0.15) is 0 Å². The monoisotopic (exact) mass is 582 g/mol. The van der Waals surface area contributed by atoms with E-state index in [-0.39, 0.29) is 11.4 Å². The van der Waals surface area contributed by atoms with Gasteiger partial charge in [0.05, 0.1) is 16.3 Å². The Balaban J connectivity index is 1.82. The van der Waals surface area contributed by atoms with Crippen LogP contribution in [0.1, 0.15) is 32.1 Å². The van der Waals surface area contributed by atoms with Gasteiger partial charge in [0, 0.05) is 20.2 Å². The first kappa shape index (κ1) is 21.4. The number of nitrogens with zero attached hydrogens (tertiary/aromatic N) is 2. The molecule has 0 aliphatic carbocycles. The van der Waals surface area contributed by atoms with E-state index < -0.39 is 11.9 Å². The molecule has 10 heteroatoms. The number of carbonyl (C=O) groups is 2. The molecule has 148 valence electrons. The van der Waals surface area contributed by atoms with E-state index in [1.54, 1.807) is 49.4 Å². The van der Waals surface area contributed by atoms with E-state index in [9.17, 15) is 9.59 Å². The Morgan fingerprint density at radius 2 is 1.90 bits per heavy atom. The Morgan fingerprint density at radius 1 is 1.14 bits per heavy atom. The topological polar surface area (TPSA) is 96.4 Å². The number of esters is 1. The average Bonchev–Trinajstić information content (AvgIpc) is 3.11. The smallest absolute Gasteiger partial charge is 0.344 e. The normalized spacial score (nSPS) is 10.9. The molecule has 7 nitrogen and oxygen atoms in total. The maximum Gasteiger partial charge on any atom is 0.344 e. The van der Waals surface area contributed by atoms with Gasteiger partial charge in [0.15, 0.2) is 11.4 Å². The maximum absolute atomic E-state index is 12.6. The van der Waals surface area contributed by atoms with Crippen molar-refractivity contribution in [2.24, 2.45) is 5.10 Å². The van der Waals surface area contributed by atoms with Gasteiger partial charge >= 0.3 is 5.97 Å². The van der Waals surface area contributed by atoms with Crippen LogP contribution in [0.4, 0.5) is 0 Å². The number of H-pyrrole nitrogens is 1. The van der Waals surface area contributed by atoms with Crippen molar-refractivity contribution in [2.45, 2.75) is 6.92 Å². The molecule has 3 rings (SSSR count). The van der Waals surface area contributed by atoms with E-state index in [2.05, 4.69) is 68.5 Å². The van der Waals surface area contributed by atoms with Crippen LogP contribution in [0.5, 0.6) is 5.75 Å². The van der Waals surface area contributed by atoms with Crippen LogP contribution in [-0.2, 0) is 0 Å². The number of aromatic amines is 1. The van der Waals surface area contributed by atoms with Crippen LogP contribution >= 0.6 is 47.8 Å². The lowest BCUT2D eigenvalue weighted by Gasteiger charge is -2.11. The molecule has 0 bridgehead atoms. The summed E-state index contributed by atoms with van der Waals surface area (Å²) < 4.78 is 7.49. The summed E-state index contributed by atoms with van der Waals surface area (Å²) in [6.07, 6.45) is 1.38. The lowest BCUT2D eigenvalue weighted by atomic mass is 10.2. The summed E-state index contributed by atoms with van der Waals surface area (Å²) in [6, 6.07) is 12.0. The van der Waals surface area contributed by atoms with Gasteiger partial charge in [-0.2, -0.15) is 10.2 Å². The molecule has 29 heavy (non-hydrogen) atoms. The van der Waals surface area contributed by atoms with Crippen LogP contribution in [0.15, 0.2) is 61.0 Å². The highest BCUT2D eigenvalue weighted by atomic mass is 79.9. The first-order valence-corrected chi connectivity index (χ1v) is 10.5. The fraction of sp³-hybridized carbons (Fsp3) is 0.0526. The Kier molecular flexibility index (Phi) is 6.99. The van der Waals surface area contributed by atoms with Crippen molar-refractivity contribution in [1.29, 1.82) is 0 Å². The minimum absolute atomic E-state index is 0.218. The highest BCUT2D eigenvalue weighted by molar-refractivity contribution is 9.11. The second-order valence-corrected chi connectivity index (χ2v) is 8.44. The fourth-order valence-electron chi connectivity index (χ4n) is 2.31. The molecule has 2 aromatic carbocycles. The summed E-state index contributed by atoms with van der Waals surface area (Å²) in [6.45, 7) is 1.79. The van der Waals surface area contributed by atoms with Crippen molar-refractivity contribution in [3.63, 3.8) is 0 Å². The number of nitrogens with one attached hydrogen (secondary N) is 2. The Hall–Kier alpha value is -2.30. The summed E-state index contributed by atoms with van der Waals surface area (Å²) in [5.74, 6) is -0.736. The fourth-order valence-corrected chi connectivity index (χ4v) is 4.10. The molecule has 2 N–H and O–H groups in total. The molecule has 0 saturated carbocycles. The van der Waals surface area contributed by atoms with E-state index in [1.807, 2.05) is 0 Å². The minimum atomic E-state index is -0.536. The van der Waals surface area contributed by atoms with Crippen LogP contribution < -0.4 is 10.2 Å². The van der Waals surface area contributed by atoms with Gasteiger partial charge in [-0.25, -0.2) is 10.2 Å². The number of ether oxygens (including phenoxy) is 1. The number of aromatic nitrogens is 2. The molecule has 0 aliphatic heterocycles. The highest BCUT2D eigenvalue weighted by Crippen LogP contribution is 2.33. The van der Waals surface area contributed by atoms with Crippen molar-refractivity contribution >= 4 is 65.9 Å². The number of hydrazone groups is 1. The molecular weight excluding hydrogens is 572 g/mol. The van der Waals surface area contributed by atoms with Gasteiger partial charge in [-0.05, 0) is 69.1 Å². The van der Waals surface area contributed by atoms with Gasteiger partial charge in [0.25, 0.3) is 5.91 Å². The summed E-state index contributed by atoms with van der Waals surface area (Å²) in [5.41, 5.74) is 4.23. The molecule has 3 aromatic rings. The molecule has 0 atom stereocenters. The highest BCUT2D eigenvalue weighted by Gasteiger charge is 2.17. The van der Waals surface area contributed by atoms with E-state index in [0.717, 1.165) is 10.2 Å². The first-order chi connectivity index (χ1) is 13.8. The third kappa shape index (κ3) is 5.40. The van der Waals surface area contributed by atoms with Crippen molar-refractivity contribution in [1.82, 2.24) is 15.6 Å². The van der Waals surface area contributed by atoms with Gasteiger partial charge in [-0.1, -0.05) is 28.1 Å². The van der Waals surface area contributed by atoms with E-state index in [1.165, 1.54) is 6.21 Å². The number of amides is 1. The zero-order valence-electron chi connectivity index (χ0n) is 14.9. The molecule has 0 saturated heterocycles. The van der Waals surface area contributed by atoms with Crippen LogP contribution in [-0.4, -0.2) is 28.3 Å². The van der Waals surface area contributed by atoms with Gasteiger partial charge in [-0.15, -0.1) is 0 Å². The lowest BCUT2D eigenvalue weighted by molar-refractivity contribution is 0.0732. The lowest BCUT2D eigenvalue weighted by Crippen LogP contribution is -2.18. The van der Waals surface area contributed by atoms with Crippen molar-refractivity contribution < 1.29 is 14.3 Å². The molecule has 0 radical (unpaired) electrons. The summed E-state index contributed by atoms with van der Waals surface area (Å²) in [5, 5.41) is 10.5. The molecule has 0 fully saturated rings. The Bertz CT molecular complexity index is 1110. The largest absolute Gasteiger partial charge is 0.421 e. The number of hydrogen-bond donors (Lipinski definition) is 2. The van der Waals surface area contributed by atoms with E-state index in [4.69, 9.17) is 4.74 Å². The number of rotatable bonds is 5. The molecule has 1 amide bonds. The number of benzene rings is 2. The molecule has 0 spiro atoms. The number of aryl methyl sites for hydroxylation is 1. The average molecular weight is 585 g/mol. The zero-order valence-corrected chi connectivity index (χ0v) is 19.6. The summed E-state index contributed by atoms with van der Waals surface area (Å²) >= 11 is 10.1. The quantitative estimate of drug-likeness (QED) is 0.191. The van der Waals surface area contributed by atoms with Gasteiger partial charge in [0.2, 0.25) is 0 Å². The van der Waals surface area contributed by atoms with Crippen LogP contribution in [0, 0.1) is 6.92 Å². The van der Waals surface area contributed by atoms with Crippen molar-refractivity contribution in [2.75, 3.05) is 0 Å². The molecule has 1 aromatic heterocycles. The molecule has 0 aliphatic rings. The first-order valence-electron chi connectivity index (χ1n) is 8.16. The summed E-state index contributed by atoms with van der Waals surface area (Å²) in [4.78, 5) is 24.6. The predicted octanol–water partition coefficient (Wildman–Crippen LogP) is 4.99. The van der Waals surface area contributed by atoms with Crippen molar-refractivity contribution in [3.8, 4) is 5.75 Å². The van der Waals surface area contributed by atoms with Crippen LogP contribution in [0.3, 0.4) is 0 Å². The molecule has 0 unspecified atom stereocenters. The number of carbonyl (C=O) groups excluding carboxylic acids is 2. The molecule has 1 heterocycles. The third-order valence-corrected chi connectivity index (χ3v) is 5.37. The zero-order chi connectivity index (χ0) is 21.0.